The van der Waals surface area contributed by atoms with Crippen LogP contribution in [0.15, 0.2) is 12.4 Å². The van der Waals surface area contributed by atoms with Crippen LogP contribution in [0.4, 0.5) is 0 Å². The van der Waals surface area contributed by atoms with E-state index in [2.05, 4.69) is 19.8 Å². The molecule has 5 nitrogen and oxygen atoms in total. The number of hydrogen-bond acceptors (Lipinski definition) is 4. The normalized spacial score (nSPS) is 29.4. The molecule has 5 heteroatoms. The minimum Gasteiger partial charge on any atom is -0.374 e. The summed E-state index contributed by atoms with van der Waals surface area (Å²) < 4.78 is 8.18. The quantitative estimate of drug-likeness (QED) is 0.855. The molecule has 2 fully saturated rings. The third-order valence-electron chi connectivity index (χ3n) is 4.56. The fraction of sp³-hybridized carbons (Fsp3) is 0.786. The minimum atomic E-state index is 0.274. The fourth-order valence-electron chi connectivity index (χ4n) is 3.30. The van der Waals surface area contributed by atoms with Gasteiger partial charge >= 0.3 is 0 Å². The standard InChI is InChI=1S/C14H24N4O/c1-15-12(8-14-16-5-7-17(14)2)13-9-18-6-3-4-11(18)10-19-13/h5,7,11-13,15H,3-4,6,8-10H2,1-2H3. The molecule has 3 atom stereocenters. The van der Waals surface area contributed by atoms with Gasteiger partial charge in [0, 0.05) is 44.5 Å². The Morgan fingerprint density at radius 2 is 2.47 bits per heavy atom. The van der Waals surface area contributed by atoms with E-state index in [9.17, 15) is 0 Å². The van der Waals surface area contributed by atoms with Gasteiger partial charge in [-0.05, 0) is 26.4 Å². The predicted molar refractivity (Wildman–Crippen MR) is 74.1 cm³/mol. The van der Waals surface area contributed by atoms with Gasteiger partial charge in [-0.3, -0.25) is 4.90 Å². The number of ether oxygens (including phenoxy) is 1. The van der Waals surface area contributed by atoms with Crippen molar-refractivity contribution in [3.8, 4) is 0 Å². The van der Waals surface area contributed by atoms with Gasteiger partial charge in [-0.2, -0.15) is 0 Å². The molecule has 3 rings (SSSR count). The number of hydrogen-bond donors (Lipinski definition) is 1. The van der Waals surface area contributed by atoms with Crippen LogP contribution in [-0.4, -0.2) is 59.4 Å². The first-order valence-corrected chi connectivity index (χ1v) is 7.27. The zero-order valence-electron chi connectivity index (χ0n) is 11.9. The molecule has 0 aromatic carbocycles. The molecule has 0 saturated carbocycles. The molecule has 0 amide bonds. The molecule has 0 spiro atoms. The van der Waals surface area contributed by atoms with E-state index in [1.165, 1.54) is 19.4 Å². The highest BCUT2D eigenvalue weighted by atomic mass is 16.5. The molecule has 106 valence electrons. The summed E-state index contributed by atoms with van der Waals surface area (Å²) in [5.74, 6) is 1.12. The summed E-state index contributed by atoms with van der Waals surface area (Å²) in [6, 6.07) is 1.00. The van der Waals surface area contributed by atoms with Gasteiger partial charge in [-0.25, -0.2) is 4.98 Å². The smallest absolute Gasteiger partial charge is 0.110 e. The Bertz CT molecular complexity index is 419. The molecule has 3 unspecified atom stereocenters. The Balaban J connectivity index is 1.64. The number of imidazole rings is 1. The van der Waals surface area contributed by atoms with Gasteiger partial charge in [0.15, 0.2) is 0 Å². The van der Waals surface area contributed by atoms with Crippen molar-refractivity contribution in [2.24, 2.45) is 7.05 Å². The third-order valence-corrected chi connectivity index (χ3v) is 4.56. The van der Waals surface area contributed by atoms with Crippen molar-refractivity contribution in [2.45, 2.75) is 37.5 Å². The number of fused-ring (bicyclic) bond motifs is 1. The number of aromatic nitrogens is 2. The zero-order chi connectivity index (χ0) is 13.2. The van der Waals surface area contributed by atoms with Crippen LogP contribution in [-0.2, 0) is 18.2 Å². The molecule has 0 bridgehead atoms. The van der Waals surface area contributed by atoms with Crippen LogP contribution in [0.3, 0.4) is 0 Å². The lowest BCUT2D eigenvalue weighted by Crippen LogP contribution is -2.54. The first-order chi connectivity index (χ1) is 9.28. The van der Waals surface area contributed by atoms with Crippen LogP contribution in [0.1, 0.15) is 18.7 Å². The van der Waals surface area contributed by atoms with E-state index in [1.54, 1.807) is 0 Å². The second-order valence-corrected chi connectivity index (χ2v) is 5.72. The Kier molecular flexibility index (Phi) is 3.86. The lowest BCUT2D eigenvalue weighted by Gasteiger charge is -2.38. The van der Waals surface area contributed by atoms with Crippen molar-refractivity contribution in [1.82, 2.24) is 19.8 Å². The molecular weight excluding hydrogens is 240 g/mol. The van der Waals surface area contributed by atoms with Gasteiger partial charge in [-0.15, -0.1) is 0 Å². The predicted octanol–water partition coefficient (Wildman–Crippen LogP) is 0.414. The molecule has 1 N–H and O–H groups in total. The molecule has 0 aliphatic carbocycles. The molecule has 1 aromatic rings. The average Bonchev–Trinajstić information content (AvgIpc) is 3.04. The molecular formula is C14H24N4O. The Morgan fingerprint density at radius 3 is 3.21 bits per heavy atom. The maximum absolute atomic E-state index is 6.09. The summed E-state index contributed by atoms with van der Waals surface area (Å²) in [5, 5.41) is 3.41. The van der Waals surface area contributed by atoms with Crippen molar-refractivity contribution in [3.63, 3.8) is 0 Å². The van der Waals surface area contributed by atoms with E-state index in [0.717, 1.165) is 25.4 Å². The van der Waals surface area contributed by atoms with Crippen LogP contribution in [0.25, 0.3) is 0 Å². The number of nitrogens with one attached hydrogen (secondary N) is 1. The van der Waals surface area contributed by atoms with Crippen LogP contribution >= 0.6 is 0 Å². The summed E-state index contributed by atoms with van der Waals surface area (Å²) in [5.41, 5.74) is 0. The number of aryl methyl sites for hydroxylation is 1. The lowest BCUT2D eigenvalue weighted by molar-refractivity contribution is -0.0637. The molecule has 2 aliphatic rings. The molecule has 2 aliphatic heterocycles. The summed E-state index contributed by atoms with van der Waals surface area (Å²) in [6.45, 7) is 3.19. The first-order valence-electron chi connectivity index (χ1n) is 7.27. The van der Waals surface area contributed by atoms with E-state index in [0.29, 0.717) is 12.1 Å². The Morgan fingerprint density at radius 1 is 1.58 bits per heavy atom. The average molecular weight is 264 g/mol. The van der Waals surface area contributed by atoms with E-state index >= 15 is 0 Å². The largest absolute Gasteiger partial charge is 0.374 e. The highest BCUT2D eigenvalue weighted by Gasteiger charge is 2.35. The Labute approximate surface area is 114 Å². The second kappa shape index (κ2) is 5.61. The van der Waals surface area contributed by atoms with Crippen LogP contribution in [0.2, 0.25) is 0 Å². The number of rotatable bonds is 4. The van der Waals surface area contributed by atoms with E-state index in [4.69, 9.17) is 4.74 Å². The van der Waals surface area contributed by atoms with E-state index in [1.807, 2.05) is 26.5 Å². The summed E-state index contributed by atoms with van der Waals surface area (Å²) >= 11 is 0. The van der Waals surface area contributed by atoms with Crippen molar-refractivity contribution < 1.29 is 4.74 Å². The number of nitrogens with zero attached hydrogens (tertiary/aromatic N) is 3. The first kappa shape index (κ1) is 13.1. The summed E-state index contributed by atoms with van der Waals surface area (Å²) in [6.07, 6.45) is 7.68. The highest BCUT2D eigenvalue weighted by Crippen LogP contribution is 2.24. The number of likely N-dealkylation sites (N-methyl/N-ethyl adjacent to an activating group) is 1. The maximum Gasteiger partial charge on any atom is 0.110 e. The summed E-state index contributed by atoms with van der Waals surface area (Å²) in [4.78, 5) is 7.01. The van der Waals surface area contributed by atoms with Crippen molar-refractivity contribution in [3.05, 3.63) is 18.2 Å². The van der Waals surface area contributed by atoms with Gasteiger partial charge in [-0.1, -0.05) is 0 Å². The van der Waals surface area contributed by atoms with Crippen molar-refractivity contribution in [1.29, 1.82) is 0 Å². The minimum absolute atomic E-state index is 0.274. The second-order valence-electron chi connectivity index (χ2n) is 5.72. The molecule has 1 aromatic heterocycles. The molecule has 0 radical (unpaired) electrons. The van der Waals surface area contributed by atoms with E-state index < -0.39 is 0 Å². The molecule has 19 heavy (non-hydrogen) atoms. The van der Waals surface area contributed by atoms with E-state index in [-0.39, 0.29) is 6.10 Å². The van der Waals surface area contributed by atoms with Crippen LogP contribution < -0.4 is 5.32 Å². The maximum atomic E-state index is 6.09. The van der Waals surface area contributed by atoms with Gasteiger partial charge in [0.1, 0.15) is 5.82 Å². The molecule has 3 heterocycles. The lowest BCUT2D eigenvalue weighted by atomic mass is 10.0. The SMILES string of the molecule is CNC(Cc1nccn1C)C1CN2CCCC2CO1. The topological polar surface area (TPSA) is 42.3 Å². The zero-order valence-corrected chi connectivity index (χ0v) is 11.9. The van der Waals surface area contributed by atoms with Gasteiger partial charge in [0.05, 0.1) is 12.7 Å². The monoisotopic (exact) mass is 264 g/mol. The molecule has 2 saturated heterocycles. The number of morpholine rings is 1. The fourth-order valence-corrected chi connectivity index (χ4v) is 3.30. The van der Waals surface area contributed by atoms with Crippen molar-refractivity contribution >= 4 is 0 Å². The van der Waals surface area contributed by atoms with Gasteiger partial charge in [0.25, 0.3) is 0 Å². The van der Waals surface area contributed by atoms with Gasteiger partial charge < -0.3 is 14.6 Å². The van der Waals surface area contributed by atoms with Crippen LogP contribution in [0, 0.1) is 0 Å². The van der Waals surface area contributed by atoms with Gasteiger partial charge in [0.2, 0.25) is 0 Å². The third kappa shape index (κ3) is 2.68. The van der Waals surface area contributed by atoms with Crippen LogP contribution in [0.5, 0.6) is 0 Å². The summed E-state index contributed by atoms with van der Waals surface area (Å²) in [7, 11) is 4.07. The van der Waals surface area contributed by atoms with Crippen molar-refractivity contribution in [2.75, 3.05) is 26.7 Å². The Hall–Kier alpha value is -0.910. The highest BCUT2D eigenvalue weighted by molar-refractivity contribution is 4.98.